The van der Waals surface area contributed by atoms with Gasteiger partial charge in [0.15, 0.2) is 0 Å². The summed E-state index contributed by atoms with van der Waals surface area (Å²) in [5, 5.41) is 3.15. The molecule has 5 aromatic rings. The van der Waals surface area contributed by atoms with E-state index in [1.54, 1.807) is 36.4 Å². The molecule has 0 N–H and O–H groups in total. The van der Waals surface area contributed by atoms with E-state index in [-0.39, 0.29) is 16.9 Å². The number of ether oxygens (including phenoxy) is 3. The zero-order valence-corrected chi connectivity index (χ0v) is 19.6. The van der Waals surface area contributed by atoms with Crippen LogP contribution < -0.4 is 19.8 Å². The second-order valence-corrected chi connectivity index (χ2v) is 8.34. The van der Waals surface area contributed by atoms with Crippen LogP contribution in [0.3, 0.4) is 0 Å². The van der Waals surface area contributed by atoms with Crippen molar-refractivity contribution in [2.24, 2.45) is 0 Å². The molecule has 174 valence electrons. The van der Waals surface area contributed by atoms with Gasteiger partial charge in [-0.3, -0.25) is 0 Å². The standard InChI is InChI=1S/C27H19NO6S/c1-31-21-9-6-10-22(32-2)24(21)27(30)33-18-12-11-17-13-19(26(29)34-23(17)14-18)25-28-20(15-35-25)16-7-4-3-5-8-16/h3-15H,1-2H3. The number of hydrogen-bond donors (Lipinski definition) is 0. The van der Waals surface area contributed by atoms with Gasteiger partial charge in [0.25, 0.3) is 0 Å². The number of rotatable bonds is 6. The average molecular weight is 486 g/mol. The van der Waals surface area contributed by atoms with Crippen LogP contribution in [0.2, 0.25) is 0 Å². The highest BCUT2D eigenvalue weighted by Crippen LogP contribution is 2.32. The topological polar surface area (TPSA) is 87.9 Å². The number of hydrogen-bond acceptors (Lipinski definition) is 8. The van der Waals surface area contributed by atoms with Crippen molar-refractivity contribution >= 4 is 28.3 Å². The number of carbonyl (C=O) groups excluding carboxylic acids is 1. The molecule has 0 unspecified atom stereocenters. The minimum Gasteiger partial charge on any atom is -0.496 e. The molecule has 0 atom stereocenters. The molecular formula is C27H19NO6S. The molecule has 0 amide bonds. The first-order chi connectivity index (χ1) is 17.1. The molecule has 0 bridgehead atoms. The predicted octanol–water partition coefficient (Wildman–Crippen LogP) is 5.82. The fourth-order valence-electron chi connectivity index (χ4n) is 3.65. The number of carbonyl (C=O) groups is 1. The van der Waals surface area contributed by atoms with Crippen LogP contribution in [0.4, 0.5) is 0 Å². The first kappa shape index (κ1) is 22.4. The Balaban J connectivity index is 1.45. The number of benzene rings is 3. The molecule has 0 aliphatic heterocycles. The monoisotopic (exact) mass is 485 g/mol. The largest absolute Gasteiger partial charge is 0.496 e. The number of fused-ring (bicyclic) bond motifs is 1. The van der Waals surface area contributed by atoms with Gasteiger partial charge in [0.2, 0.25) is 0 Å². The predicted molar refractivity (Wildman–Crippen MR) is 134 cm³/mol. The molecule has 0 saturated heterocycles. The number of nitrogens with zero attached hydrogens (tertiary/aromatic N) is 1. The van der Waals surface area contributed by atoms with Gasteiger partial charge in [-0.25, -0.2) is 14.6 Å². The maximum atomic E-state index is 12.9. The molecule has 35 heavy (non-hydrogen) atoms. The Morgan fingerprint density at radius 3 is 2.37 bits per heavy atom. The van der Waals surface area contributed by atoms with E-state index in [1.807, 2.05) is 35.7 Å². The fourth-order valence-corrected chi connectivity index (χ4v) is 4.49. The lowest BCUT2D eigenvalue weighted by Crippen LogP contribution is -2.12. The molecular weight excluding hydrogens is 466 g/mol. The highest BCUT2D eigenvalue weighted by atomic mass is 32.1. The van der Waals surface area contributed by atoms with E-state index in [0.717, 1.165) is 11.3 Å². The Labute approximate surface area is 204 Å². The van der Waals surface area contributed by atoms with E-state index in [9.17, 15) is 9.59 Å². The maximum Gasteiger partial charge on any atom is 0.351 e. The van der Waals surface area contributed by atoms with Crippen molar-refractivity contribution in [3.63, 3.8) is 0 Å². The van der Waals surface area contributed by atoms with Crippen molar-refractivity contribution in [3.8, 4) is 39.1 Å². The number of esters is 1. The molecule has 0 fully saturated rings. The minimum absolute atomic E-state index is 0.160. The molecule has 0 radical (unpaired) electrons. The van der Waals surface area contributed by atoms with Crippen molar-refractivity contribution in [2.75, 3.05) is 14.2 Å². The van der Waals surface area contributed by atoms with Gasteiger partial charge in [-0.15, -0.1) is 11.3 Å². The Hall–Kier alpha value is -4.43. The van der Waals surface area contributed by atoms with Gasteiger partial charge in [0.1, 0.15) is 33.4 Å². The molecule has 0 saturated carbocycles. The lowest BCUT2D eigenvalue weighted by Gasteiger charge is -2.12. The van der Waals surface area contributed by atoms with Crippen molar-refractivity contribution in [3.05, 3.63) is 94.2 Å². The van der Waals surface area contributed by atoms with Crippen molar-refractivity contribution in [2.45, 2.75) is 0 Å². The van der Waals surface area contributed by atoms with Gasteiger partial charge in [0, 0.05) is 22.4 Å². The van der Waals surface area contributed by atoms with Crippen LogP contribution in [0.15, 0.2) is 87.4 Å². The first-order valence-electron chi connectivity index (χ1n) is 10.6. The van der Waals surface area contributed by atoms with Crippen molar-refractivity contribution in [1.82, 2.24) is 4.98 Å². The van der Waals surface area contributed by atoms with Crippen LogP contribution in [-0.4, -0.2) is 25.2 Å². The number of thiazole rings is 1. The van der Waals surface area contributed by atoms with E-state index in [0.29, 0.717) is 27.5 Å². The summed E-state index contributed by atoms with van der Waals surface area (Å²) in [4.78, 5) is 30.2. The lowest BCUT2D eigenvalue weighted by atomic mass is 10.1. The summed E-state index contributed by atoms with van der Waals surface area (Å²) in [5.41, 5.74) is 2.05. The third-order valence-corrected chi connectivity index (χ3v) is 6.23. The third-order valence-electron chi connectivity index (χ3n) is 5.35. The number of methoxy groups -OCH3 is 2. The van der Waals surface area contributed by atoms with E-state index >= 15 is 0 Å². The smallest absolute Gasteiger partial charge is 0.351 e. The SMILES string of the molecule is COc1cccc(OC)c1C(=O)Oc1ccc2cc(-c3nc(-c4ccccc4)cs3)c(=O)oc2c1. The molecule has 2 heterocycles. The van der Waals surface area contributed by atoms with Crippen LogP contribution in [-0.2, 0) is 0 Å². The molecule has 8 heteroatoms. The average Bonchev–Trinajstić information content (AvgIpc) is 3.38. The minimum atomic E-state index is -0.658. The summed E-state index contributed by atoms with van der Waals surface area (Å²) in [6.07, 6.45) is 0. The Morgan fingerprint density at radius 1 is 0.914 bits per heavy atom. The first-order valence-corrected chi connectivity index (χ1v) is 11.5. The summed E-state index contributed by atoms with van der Waals surface area (Å²) < 4.78 is 21.6. The number of aromatic nitrogens is 1. The Bertz CT molecular complexity index is 1570. The van der Waals surface area contributed by atoms with Crippen LogP contribution in [0.25, 0.3) is 32.8 Å². The van der Waals surface area contributed by atoms with E-state index in [2.05, 4.69) is 4.98 Å². The molecule has 7 nitrogen and oxygen atoms in total. The van der Waals surface area contributed by atoms with Crippen LogP contribution in [0, 0.1) is 0 Å². The van der Waals surface area contributed by atoms with Gasteiger partial charge in [-0.1, -0.05) is 36.4 Å². The van der Waals surface area contributed by atoms with Crippen LogP contribution in [0.1, 0.15) is 10.4 Å². The van der Waals surface area contributed by atoms with Gasteiger partial charge < -0.3 is 18.6 Å². The molecule has 0 spiro atoms. The van der Waals surface area contributed by atoms with Gasteiger partial charge >= 0.3 is 11.6 Å². The van der Waals surface area contributed by atoms with Gasteiger partial charge in [-0.2, -0.15) is 0 Å². The summed E-state index contributed by atoms with van der Waals surface area (Å²) in [6.45, 7) is 0. The summed E-state index contributed by atoms with van der Waals surface area (Å²) in [5.74, 6) is 0.204. The molecule has 0 aliphatic carbocycles. The highest BCUT2D eigenvalue weighted by molar-refractivity contribution is 7.13. The highest BCUT2D eigenvalue weighted by Gasteiger charge is 2.21. The van der Waals surface area contributed by atoms with E-state index in [1.165, 1.54) is 31.6 Å². The Morgan fingerprint density at radius 2 is 1.66 bits per heavy atom. The molecule has 0 aliphatic rings. The second-order valence-electron chi connectivity index (χ2n) is 7.48. The summed E-state index contributed by atoms with van der Waals surface area (Å²) in [6, 6.07) is 21.3. The van der Waals surface area contributed by atoms with Crippen molar-refractivity contribution < 1.29 is 23.4 Å². The van der Waals surface area contributed by atoms with Crippen LogP contribution >= 0.6 is 11.3 Å². The molecule has 2 aromatic heterocycles. The third kappa shape index (κ3) is 4.39. The summed E-state index contributed by atoms with van der Waals surface area (Å²) in [7, 11) is 2.91. The fraction of sp³-hybridized carbons (Fsp3) is 0.0741. The molecule has 3 aromatic carbocycles. The summed E-state index contributed by atoms with van der Waals surface area (Å²) >= 11 is 1.37. The van der Waals surface area contributed by atoms with Gasteiger partial charge in [0.05, 0.1) is 25.5 Å². The maximum absolute atomic E-state index is 12.9. The normalized spacial score (nSPS) is 10.8. The lowest BCUT2D eigenvalue weighted by molar-refractivity contribution is 0.0727. The second kappa shape index (κ2) is 9.44. The van der Waals surface area contributed by atoms with Crippen LogP contribution in [0.5, 0.6) is 17.2 Å². The zero-order valence-electron chi connectivity index (χ0n) is 18.8. The van der Waals surface area contributed by atoms with Gasteiger partial charge in [-0.05, 0) is 30.3 Å². The zero-order chi connectivity index (χ0) is 24.4. The van der Waals surface area contributed by atoms with Crippen molar-refractivity contribution in [1.29, 1.82) is 0 Å². The molecule has 5 rings (SSSR count). The Kier molecular flexibility index (Phi) is 6.03. The van der Waals surface area contributed by atoms with E-state index in [4.69, 9.17) is 18.6 Å². The quantitative estimate of drug-likeness (QED) is 0.170. The van der Waals surface area contributed by atoms with E-state index < -0.39 is 11.6 Å².